The number of aryl methyl sites for hydroxylation is 1. The quantitative estimate of drug-likeness (QED) is 0.263. The summed E-state index contributed by atoms with van der Waals surface area (Å²) in [6.45, 7) is 2.17. The molecule has 0 bridgehead atoms. The molecule has 6 nitrogen and oxygen atoms in total. The molecule has 1 heterocycles. The van der Waals surface area contributed by atoms with Crippen LogP contribution in [0.1, 0.15) is 24.8 Å². The Morgan fingerprint density at radius 2 is 2.04 bits per heavy atom. The molecule has 0 aromatic heterocycles. The molecule has 0 radical (unpaired) electrons. The van der Waals surface area contributed by atoms with E-state index in [4.69, 9.17) is 27.9 Å². The Morgan fingerprint density at radius 3 is 2.63 bits per heavy atom. The third kappa shape index (κ3) is 7.91. The lowest BCUT2D eigenvalue weighted by Crippen LogP contribution is -2.49. The Balaban J connectivity index is 0.00000364. The minimum atomic E-state index is -0.258. The topological polar surface area (TPSA) is 66.0 Å². The van der Waals surface area contributed by atoms with Crippen LogP contribution in [0.4, 0.5) is 4.79 Å². The number of hydrogen-bond donors (Lipinski definition) is 2. The molecule has 0 unspecified atom stereocenters. The van der Waals surface area contributed by atoms with E-state index in [9.17, 15) is 4.79 Å². The highest BCUT2D eigenvalue weighted by Gasteiger charge is 2.23. The van der Waals surface area contributed by atoms with Gasteiger partial charge in [0, 0.05) is 42.8 Å². The summed E-state index contributed by atoms with van der Waals surface area (Å²) in [4.78, 5) is 17.5. The monoisotopic (exact) mass is 528 g/mol. The summed E-state index contributed by atoms with van der Waals surface area (Å²) < 4.78 is 4.76. The number of benzene rings is 1. The van der Waals surface area contributed by atoms with Gasteiger partial charge in [0.25, 0.3) is 0 Å². The number of methoxy groups -OCH3 is 1. The van der Waals surface area contributed by atoms with Crippen LogP contribution in [-0.2, 0) is 11.2 Å². The second-order valence-corrected chi connectivity index (χ2v) is 7.06. The molecule has 1 amide bonds. The molecular weight excluding hydrogens is 502 g/mol. The predicted octanol–water partition coefficient (Wildman–Crippen LogP) is 3.94. The number of ether oxygens (including phenoxy) is 1. The van der Waals surface area contributed by atoms with E-state index < -0.39 is 0 Å². The van der Waals surface area contributed by atoms with Gasteiger partial charge in [-0.1, -0.05) is 29.3 Å². The molecule has 1 aliphatic heterocycles. The van der Waals surface area contributed by atoms with E-state index in [0.717, 1.165) is 43.8 Å². The van der Waals surface area contributed by atoms with Crippen LogP contribution < -0.4 is 10.6 Å². The number of guanidine groups is 1. The number of halogens is 3. The first-order valence-corrected chi connectivity index (χ1v) is 9.53. The largest absolute Gasteiger partial charge is 0.453 e. The predicted molar refractivity (Wildman–Crippen MR) is 122 cm³/mol. The van der Waals surface area contributed by atoms with Crippen LogP contribution in [0.25, 0.3) is 0 Å². The number of hydrogen-bond acceptors (Lipinski definition) is 3. The molecule has 0 atom stereocenters. The van der Waals surface area contributed by atoms with E-state index in [-0.39, 0.29) is 30.1 Å². The molecule has 27 heavy (non-hydrogen) atoms. The van der Waals surface area contributed by atoms with Crippen LogP contribution in [0.5, 0.6) is 0 Å². The van der Waals surface area contributed by atoms with Gasteiger partial charge in [-0.2, -0.15) is 0 Å². The summed E-state index contributed by atoms with van der Waals surface area (Å²) in [5.41, 5.74) is 1.09. The normalized spacial score (nSPS) is 15.1. The lowest BCUT2D eigenvalue weighted by Gasteiger charge is -2.32. The average molecular weight is 529 g/mol. The number of aliphatic imine (C=N–C) groups is 1. The van der Waals surface area contributed by atoms with E-state index in [0.29, 0.717) is 29.2 Å². The number of rotatable bonds is 5. The van der Waals surface area contributed by atoms with Gasteiger partial charge in [0.15, 0.2) is 5.96 Å². The number of carbonyl (C=O) groups excluding carboxylic acids is 1. The van der Waals surface area contributed by atoms with E-state index in [1.54, 1.807) is 18.0 Å². The van der Waals surface area contributed by atoms with Crippen LogP contribution in [0, 0.1) is 0 Å². The van der Waals surface area contributed by atoms with Crippen LogP contribution >= 0.6 is 47.2 Å². The zero-order valence-electron chi connectivity index (χ0n) is 15.6. The van der Waals surface area contributed by atoms with Gasteiger partial charge in [-0.3, -0.25) is 4.99 Å². The molecule has 1 fully saturated rings. The Labute approximate surface area is 188 Å². The highest BCUT2D eigenvalue weighted by molar-refractivity contribution is 14.0. The first kappa shape index (κ1) is 24.1. The first-order valence-electron chi connectivity index (χ1n) is 8.77. The minimum Gasteiger partial charge on any atom is -0.453 e. The average Bonchev–Trinajstić information content (AvgIpc) is 2.65. The Hall–Kier alpha value is -0.930. The fourth-order valence-electron chi connectivity index (χ4n) is 2.93. The Bertz CT molecular complexity index is 638. The summed E-state index contributed by atoms with van der Waals surface area (Å²) in [6, 6.07) is 5.89. The molecule has 0 spiro atoms. The van der Waals surface area contributed by atoms with Crippen LogP contribution in [-0.4, -0.2) is 56.8 Å². The maximum Gasteiger partial charge on any atom is 0.409 e. The van der Waals surface area contributed by atoms with Gasteiger partial charge >= 0.3 is 6.09 Å². The second kappa shape index (κ2) is 12.5. The molecule has 0 saturated carbocycles. The third-order valence-corrected chi connectivity index (χ3v) is 5.01. The summed E-state index contributed by atoms with van der Waals surface area (Å²) >= 11 is 12.1. The molecule has 2 N–H and O–H groups in total. The lowest BCUT2D eigenvalue weighted by molar-refractivity contribution is 0.111. The van der Waals surface area contributed by atoms with Gasteiger partial charge < -0.3 is 20.3 Å². The standard InChI is InChI=1S/C18H26Cl2N4O2.HI/c1-21-17(23-15-7-10-24(11-8-15)18(25)26-2)22-9-3-4-13-5-6-14(19)12-16(13)20;/h5-6,12,15H,3-4,7-11H2,1-2H3,(H2,21,22,23);1H. The fraction of sp³-hybridized carbons (Fsp3) is 0.556. The molecule has 1 aliphatic rings. The maximum atomic E-state index is 11.5. The third-order valence-electron chi connectivity index (χ3n) is 4.42. The molecular formula is C18H27Cl2IN4O2. The van der Waals surface area contributed by atoms with Gasteiger partial charge in [0.2, 0.25) is 0 Å². The van der Waals surface area contributed by atoms with Crippen molar-refractivity contribution in [3.05, 3.63) is 33.8 Å². The van der Waals surface area contributed by atoms with E-state index in [1.165, 1.54) is 7.11 Å². The van der Waals surface area contributed by atoms with E-state index in [1.807, 2.05) is 12.1 Å². The van der Waals surface area contributed by atoms with Gasteiger partial charge in [-0.05, 0) is 43.4 Å². The van der Waals surface area contributed by atoms with Crippen molar-refractivity contribution < 1.29 is 9.53 Å². The fourth-order valence-corrected chi connectivity index (χ4v) is 3.44. The highest BCUT2D eigenvalue weighted by Crippen LogP contribution is 2.21. The molecule has 1 saturated heterocycles. The van der Waals surface area contributed by atoms with Gasteiger partial charge in [-0.25, -0.2) is 4.79 Å². The van der Waals surface area contributed by atoms with Gasteiger partial charge in [-0.15, -0.1) is 24.0 Å². The zero-order valence-corrected chi connectivity index (χ0v) is 19.5. The van der Waals surface area contributed by atoms with Gasteiger partial charge in [0.1, 0.15) is 0 Å². The first-order chi connectivity index (χ1) is 12.5. The van der Waals surface area contributed by atoms with Crippen molar-refractivity contribution in [2.45, 2.75) is 31.7 Å². The van der Waals surface area contributed by atoms with Crippen LogP contribution in [0.2, 0.25) is 10.0 Å². The molecule has 2 rings (SSSR count). The minimum absolute atomic E-state index is 0. The zero-order chi connectivity index (χ0) is 18.9. The molecule has 1 aromatic carbocycles. The van der Waals surface area contributed by atoms with Crippen molar-refractivity contribution in [2.75, 3.05) is 33.8 Å². The van der Waals surface area contributed by atoms with Crippen LogP contribution in [0.15, 0.2) is 23.2 Å². The van der Waals surface area contributed by atoms with Gasteiger partial charge in [0.05, 0.1) is 7.11 Å². The molecule has 1 aromatic rings. The van der Waals surface area contributed by atoms with E-state index >= 15 is 0 Å². The van der Waals surface area contributed by atoms with Crippen LogP contribution in [0.3, 0.4) is 0 Å². The Morgan fingerprint density at radius 1 is 1.33 bits per heavy atom. The lowest BCUT2D eigenvalue weighted by atomic mass is 10.1. The number of carbonyl (C=O) groups is 1. The van der Waals surface area contributed by atoms with Crippen molar-refractivity contribution in [2.24, 2.45) is 4.99 Å². The summed E-state index contributed by atoms with van der Waals surface area (Å²) in [5.74, 6) is 0.781. The molecule has 0 aliphatic carbocycles. The summed E-state index contributed by atoms with van der Waals surface area (Å²) in [5, 5.41) is 8.10. The number of piperidine rings is 1. The maximum absolute atomic E-state index is 11.5. The number of nitrogens with one attached hydrogen (secondary N) is 2. The summed E-state index contributed by atoms with van der Waals surface area (Å²) in [6.07, 6.45) is 3.29. The number of likely N-dealkylation sites (tertiary alicyclic amines) is 1. The second-order valence-electron chi connectivity index (χ2n) is 6.21. The van der Waals surface area contributed by atoms with Crippen molar-refractivity contribution in [3.63, 3.8) is 0 Å². The Kier molecular flexibility index (Phi) is 11.2. The highest BCUT2D eigenvalue weighted by atomic mass is 127. The molecule has 9 heteroatoms. The number of amides is 1. The van der Waals surface area contributed by atoms with Crippen molar-refractivity contribution in [1.82, 2.24) is 15.5 Å². The molecule has 152 valence electrons. The van der Waals surface area contributed by atoms with E-state index in [2.05, 4.69) is 15.6 Å². The van der Waals surface area contributed by atoms with Crippen molar-refractivity contribution in [3.8, 4) is 0 Å². The van der Waals surface area contributed by atoms with Crippen molar-refractivity contribution in [1.29, 1.82) is 0 Å². The summed E-state index contributed by atoms with van der Waals surface area (Å²) in [7, 11) is 3.17. The SMILES string of the molecule is CN=C(NCCCc1ccc(Cl)cc1Cl)NC1CCN(C(=O)OC)CC1.I. The smallest absolute Gasteiger partial charge is 0.409 e. The van der Waals surface area contributed by atoms with Crippen molar-refractivity contribution >= 4 is 59.2 Å². The number of nitrogens with zero attached hydrogens (tertiary/aromatic N) is 2.